The van der Waals surface area contributed by atoms with Crippen LogP contribution >= 0.6 is 0 Å². The molecule has 2 heteroatoms. The van der Waals surface area contributed by atoms with Crippen molar-refractivity contribution < 1.29 is 0 Å². The fourth-order valence-electron chi connectivity index (χ4n) is 8.21. The maximum Gasteiger partial charge on any atom is 0.0452 e. The minimum absolute atomic E-state index is 0.229. The van der Waals surface area contributed by atoms with E-state index in [1.807, 2.05) is 6.20 Å². The Morgan fingerprint density at radius 3 is 2.22 bits per heavy atom. The summed E-state index contributed by atoms with van der Waals surface area (Å²) in [5.41, 5.74) is 17.8. The van der Waals surface area contributed by atoms with Gasteiger partial charge in [-0.1, -0.05) is 136 Å². The van der Waals surface area contributed by atoms with Gasteiger partial charge in [0.05, 0.1) is 0 Å². The average molecular weight is 649 g/mol. The summed E-state index contributed by atoms with van der Waals surface area (Å²) in [6.07, 6.45) is 17.2. The number of benzene rings is 4. The predicted molar refractivity (Wildman–Crippen MR) is 211 cm³/mol. The third-order valence-electron chi connectivity index (χ3n) is 10.9. The van der Waals surface area contributed by atoms with Crippen molar-refractivity contribution in [3.05, 3.63) is 190 Å². The van der Waals surface area contributed by atoms with Gasteiger partial charge in [0.25, 0.3) is 0 Å². The second-order valence-electron chi connectivity index (χ2n) is 14.6. The van der Waals surface area contributed by atoms with E-state index in [0.717, 1.165) is 30.8 Å². The lowest BCUT2D eigenvalue weighted by molar-refractivity contribution is 0.625. The maximum atomic E-state index is 4.91. The average Bonchev–Trinajstić information content (AvgIpc) is 3.26. The molecule has 5 aromatic rings. The lowest BCUT2D eigenvalue weighted by atomic mass is 9.74. The summed E-state index contributed by atoms with van der Waals surface area (Å²) in [5, 5.41) is 0. The summed E-state index contributed by atoms with van der Waals surface area (Å²) >= 11 is 0. The predicted octanol–water partition coefficient (Wildman–Crippen LogP) is 11.7. The van der Waals surface area contributed by atoms with E-state index in [-0.39, 0.29) is 5.41 Å². The van der Waals surface area contributed by atoms with E-state index in [1.54, 1.807) is 0 Å². The fraction of sp³-hybridized carbons (Fsp3) is 0.208. The highest BCUT2D eigenvalue weighted by molar-refractivity contribution is 5.97. The van der Waals surface area contributed by atoms with E-state index in [2.05, 4.69) is 172 Å². The summed E-state index contributed by atoms with van der Waals surface area (Å²) in [7, 11) is 0. The Kier molecular flexibility index (Phi) is 8.41. The van der Waals surface area contributed by atoms with Crippen molar-refractivity contribution in [3.8, 4) is 22.3 Å². The lowest BCUT2D eigenvalue weighted by Gasteiger charge is -2.30. The fourth-order valence-corrected chi connectivity index (χ4v) is 8.21. The van der Waals surface area contributed by atoms with Gasteiger partial charge in [-0.25, -0.2) is 0 Å². The van der Waals surface area contributed by atoms with Crippen LogP contribution in [0.25, 0.3) is 27.8 Å². The highest BCUT2D eigenvalue weighted by atomic mass is 14.7. The van der Waals surface area contributed by atoms with Gasteiger partial charge in [-0.2, -0.15) is 0 Å². The molecule has 4 aromatic carbocycles. The van der Waals surface area contributed by atoms with Crippen LogP contribution in [0.1, 0.15) is 72.2 Å². The number of hydrogen-bond acceptors (Lipinski definition) is 2. The molecule has 1 aromatic heterocycles. The first-order valence-electron chi connectivity index (χ1n) is 18.0. The Hall–Kier alpha value is -5.34. The molecule has 0 spiro atoms. The molecule has 0 bridgehead atoms. The number of dihydropyridines is 1. The number of rotatable bonds is 7. The van der Waals surface area contributed by atoms with Crippen LogP contribution in [-0.2, 0) is 11.8 Å². The largest absolute Gasteiger partial charge is 0.289 e. The van der Waals surface area contributed by atoms with Gasteiger partial charge in [0.1, 0.15) is 0 Å². The highest BCUT2D eigenvalue weighted by Gasteiger charge is 2.32. The van der Waals surface area contributed by atoms with Crippen molar-refractivity contribution in [2.24, 2.45) is 10.9 Å². The summed E-state index contributed by atoms with van der Waals surface area (Å²) in [6, 6.07) is 38.5. The molecule has 0 amide bonds. The Balaban J connectivity index is 1.14. The van der Waals surface area contributed by atoms with Crippen LogP contribution in [0.3, 0.4) is 0 Å². The first kappa shape index (κ1) is 31.9. The molecule has 2 atom stereocenters. The van der Waals surface area contributed by atoms with Crippen LogP contribution in [0.4, 0.5) is 0 Å². The third-order valence-corrected chi connectivity index (χ3v) is 10.9. The second-order valence-corrected chi connectivity index (χ2v) is 14.6. The molecular weight excluding hydrogens is 605 g/mol. The Labute approximate surface area is 297 Å². The topological polar surface area (TPSA) is 25.2 Å². The van der Waals surface area contributed by atoms with Crippen molar-refractivity contribution in [2.75, 3.05) is 6.54 Å². The number of aliphatic imine (C=N–C) groups is 1. The van der Waals surface area contributed by atoms with Crippen molar-refractivity contribution in [3.63, 3.8) is 0 Å². The zero-order valence-corrected chi connectivity index (χ0v) is 29.5. The summed E-state index contributed by atoms with van der Waals surface area (Å²) in [4.78, 5) is 9.58. The van der Waals surface area contributed by atoms with Gasteiger partial charge in [0, 0.05) is 41.9 Å². The molecule has 1 aliphatic heterocycles. The molecule has 0 fully saturated rings. The molecule has 0 radical (unpaired) electrons. The van der Waals surface area contributed by atoms with Crippen molar-refractivity contribution in [1.29, 1.82) is 0 Å². The second kappa shape index (κ2) is 13.2. The molecule has 0 saturated carbocycles. The number of nitrogens with zero attached hydrogens (tertiary/aromatic N) is 2. The zero-order chi connectivity index (χ0) is 34.2. The third kappa shape index (κ3) is 5.94. The molecule has 50 heavy (non-hydrogen) atoms. The van der Waals surface area contributed by atoms with E-state index in [9.17, 15) is 0 Å². The molecule has 8 rings (SSSR count). The van der Waals surface area contributed by atoms with E-state index in [1.165, 1.54) is 66.8 Å². The number of pyridine rings is 1. The molecule has 2 aliphatic carbocycles. The Morgan fingerprint density at radius 1 is 0.740 bits per heavy atom. The molecule has 0 N–H and O–H groups in total. The highest BCUT2D eigenvalue weighted by Crippen LogP contribution is 2.49. The van der Waals surface area contributed by atoms with Crippen LogP contribution in [0.5, 0.6) is 0 Å². The van der Waals surface area contributed by atoms with E-state index in [4.69, 9.17) is 4.99 Å². The number of hydrogen-bond donors (Lipinski definition) is 0. The first-order chi connectivity index (χ1) is 24.4. The molecule has 2 heterocycles. The molecule has 3 aliphatic rings. The van der Waals surface area contributed by atoms with Crippen LogP contribution in [0.2, 0.25) is 0 Å². The monoisotopic (exact) mass is 648 g/mol. The van der Waals surface area contributed by atoms with E-state index < -0.39 is 0 Å². The van der Waals surface area contributed by atoms with Crippen LogP contribution in [-0.4, -0.2) is 17.2 Å². The summed E-state index contributed by atoms with van der Waals surface area (Å²) in [6.45, 7) is 9.87. The van der Waals surface area contributed by atoms with Crippen LogP contribution in [0, 0.1) is 12.8 Å². The molecule has 0 saturated heterocycles. The number of fused-ring (bicyclic) bond motifs is 2. The van der Waals surface area contributed by atoms with Gasteiger partial charge in [-0.15, -0.1) is 0 Å². The van der Waals surface area contributed by atoms with Gasteiger partial charge in [0.15, 0.2) is 0 Å². The van der Waals surface area contributed by atoms with Crippen molar-refractivity contribution in [1.82, 2.24) is 4.98 Å². The van der Waals surface area contributed by atoms with Crippen LogP contribution in [0.15, 0.2) is 156 Å². The zero-order valence-electron chi connectivity index (χ0n) is 29.5. The van der Waals surface area contributed by atoms with E-state index in [0.29, 0.717) is 11.8 Å². The maximum absolute atomic E-state index is 4.91. The molecule has 2 nitrogen and oxygen atoms in total. The van der Waals surface area contributed by atoms with E-state index >= 15 is 0 Å². The minimum Gasteiger partial charge on any atom is -0.289 e. The Morgan fingerprint density at radius 2 is 1.48 bits per heavy atom. The smallest absolute Gasteiger partial charge is 0.0452 e. The van der Waals surface area contributed by atoms with Gasteiger partial charge in [-0.05, 0) is 110 Å². The lowest BCUT2D eigenvalue weighted by Crippen LogP contribution is -2.24. The molecule has 2 unspecified atom stereocenters. The Bertz CT molecular complexity index is 2220. The minimum atomic E-state index is -0.229. The summed E-state index contributed by atoms with van der Waals surface area (Å²) in [5.74, 6) is 0.799. The van der Waals surface area contributed by atoms with Gasteiger partial charge in [0.2, 0.25) is 0 Å². The quantitative estimate of drug-likeness (QED) is 0.172. The van der Waals surface area contributed by atoms with Gasteiger partial charge < -0.3 is 0 Å². The van der Waals surface area contributed by atoms with Crippen LogP contribution < -0.4 is 0 Å². The van der Waals surface area contributed by atoms with Crippen molar-refractivity contribution in [2.45, 2.75) is 51.9 Å². The standard InChI is InChI=1S/C48H44N2/c1-32-17-25-40(50-31-32)28-39-23-22-38(30-46(39)48(3,4)45-16-11-27-49-33(45)2)35-20-18-34(19-21-35)37-24-26-43-44(29-37)41-14-9-6-10-15-42(41)47(43)36-12-7-5-8-13-36/h5-14,16-27,29-30,32,47H,15,28,31H2,1-4H3. The SMILES string of the molecule is Cc1ncccc1C(C)(C)c1cc(-c2ccc(-c3ccc4c(c3)C3=C(CC=CC=C3)C4c3ccccc3)cc2)ccc1CC1=NCC(C)C=C1. The normalized spacial score (nSPS) is 18.1. The van der Waals surface area contributed by atoms with Gasteiger partial charge in [-0.3, -0.25) is 9.98 Å². The first-order valence-corrected chi connectivity index (χ1v) is 18.0. The molecule has 246 valence electrons. The summed E-state index contributed by atoms with van der Waals surface area (Å²) < 4.78 is 0. The molecular formula is C48H44N2. The number of allylic oxidation sites excluding steroid dienone is 7. The van der Waals surface area contributed by atoms with Crippen molar-refractivity contribution >= 4 is 11.3 Å². The number of aryl methyl sites for hydroxylation is 1. The number of aromatic nitrogens is 1. The van der Waals surface area contributed by atoms with Gasteiger partial charge >= 0.3 is 0 Å².